The number of aromatic nitrogens is 1. The number of amides is 1. The van der Waals surface area contributed by atoms with Gasteiger partial charge in [-0.05, 0) is 79.8 Å². The maximum absolute atomic E-state index is 13.4. The summed E-state index contributed by atoms with van der Waals surface area (Å²) < 4.78 is 30.1. The van der Waals surface area contributed by atoms with Gasteiger partial charge in [0, 0.05) is 48.6 Å². The van der Waals surface area contributed by atoms with Crippen LogP contribution in [0.1, 0.15) is 39.5 Å². The number of anilines is 1. The Hall–Kier alpha value is -3.23. The van der Waals surface area contributed by atoms with Crippen LogP contribution in [0.15, 0.2) is 70.4 Å². The first-order valence-corrected chi connectivity index (χ1v) is 12.8. The number of nitrogens with one attached hydrogen (secondary N) is 1. The Morgan fingerprint density at radius 3 is 2.44 bits per heavy atom. The lowest BCUT2D eigenvalue weighted by Gasteiger charge is -2.42. The SMILES string of the molecule is Cc1ccc(C(=O)Nc2ccc(S(=O)(=O)N3CC4CC(C3)c3cccc(=O)n3C4)cc2)cc1C. The number of piperidine rings is 1. The Morgan fingerprint density at radius 1 is 0.941 bits per heavy atom. The van der Waals surface area contributed by atoms with Crippen LogP contribution in [0.25, 0.3) is 0 Å². The average Bonchev–Trinajstić information content (AvgIpc) is 2.82. The molecule has 3 aromatic rings. The van der Waals surface area contributed by atoms with Gasteiger partial charge in [0.15, 0.2) is 0 Å². The number of rotatable bonds is 4. The lowest BCUT2D eigenvalue weighted by atomic mass is 9.84. The summed E-state index contributed by atoms with van der Waals surface area (Å²) >= 11 is 0. The molecular weight excluding hydrogens is 450 g/mol. The van der Waals surface area contributed by atoms with Gasteiger partial charge in [0.1, 0.15) is 0 Å². The van der Waals surface area contributed by atoms with Crippen molar-refractivity contribution in [2.24, 2.45) is 5.92 Å². The van der Waals surface area contributed by atoms with Crippen molar-refractivity contribution < 1.29 is 13.2 Å². The van der Waals surface area contributed by atoms with Crippen molar-refractivity contribution in [3.8, 4) is 0 Å². The van der Waals surface area contributed by atoms with Crippen LogP contribution in [-0.2, 0) is 16.6 Å². The molecule has 176 valence electrons. The zero-order valence-electron chi connectivity index (χ0n) is 19.2. The second kappa shape index (κ2) is 8.52. The molecule has 0 spiro atoms. The summed E-state index contributed by atoms with van der Waals surface area (Å²) in [6.07, 6.45) is 0.888. The summed E-state index contributed by atoms with van der Waals surface area (Å²) in [6.45, 7) is 5.24. The van der Waals surface area contributed by atoms with Crippen molar-refractivity contribution >= 4 is 21.6 Å². The minimum absolute atomic E-state index is 0.00713. The lowest BCUT2D eigenvalue weighted by molar-refractivity contribution is 0.102. The molecule has 34 heavy (non-hydrogen) atoms. The maximum atomic E-state index is 13.4. The first-order chi connectivity index (χ1) is 16.2. The molecule has 0 saturated carbocycles. The molecule has 2 bridgehead atoms. The summed E-state index contributed by atoms with van der Waals surface area (Å²) in [4.78, 5) is 25.0. The minimum Gasteiger partial charge on any atom is -0.322 e. The zero-order chi connectivity index (χ0) is 24.0. The molecule has 1 saturated heterocycles. The molecule has 0 aliphatic carbocycles. The van der Waals surface area contributed by atoms with Gasteiger partial charge in [-0.2, -0.15) is 4.31 Å². The number of fused-ring (bicyclic) bond motifs is 4. The summed E-state index contributed by atoms with van der Waals surface area (Å²) in [6, 6.07) is 17.0. The van der Waals surface area contributed by atoms with Crippen LogP contribution >= 0.6 is 0 Å². The number of sulfonamides is 1. The van der Waals surface area contributed by atoms with Crippen LogP contribution in [0.4, 0.5) is 5.69 Å². The van der Waals surface area contributed by atoms with Crippen LogP contribution in [-0.4, -0.2) is 36.3 Å². The largest absolute Gasteiger partial charge is 0.322 e. The molecule has 3 heterocycles. The Labute approximate surface area is 199 Å². The highest BCUT2D eigenvalue weighted by Gasteiger charge is 2.39. The van der Waals surface area contributed by atoms with Gasteiger partial charge in [0.2, 0.25) is 10.0 Å². The topological polar surface area (TPSA) is 88.5 Å². The van der Waals surface area contributed by atoms with Gasteiger partial charge in [-0.1, -0.05) is 12.1 Å². The Morgan fingerprint density at radius 2 is 1.71 bits per heavy atom. The van der Waals surface area contributed by atoms with Gasteiger partial charge < -0.3 is 9.88 Å². The van der Waals surface area contributed by atoms with E-state index in [4.69, 9.17) is 0 Å². The van der Waals surface area contributed by atoms with E-state index >= 15 is 0 Å². The number of nitrogens with zero attached hydrogens (tertiary/aromatic N) is 2. The second-order valence-corrected chi connectivity index (χ2v) is 11.2. The maximum Gasteiger partial charge on any atom is 0.255 e. The minimum atomic E-state index is -3.69. The molecule has 1 amide bonds. The summed E-state index contributed by atoms with van der Waals surface area (Å²) in [5.74, 6) is -0.123. The fraction of sp³-hybridized carbons (Fsp3) is 0.308. The monoisotopic (exact) mass is 477 g/mol. The summed E-state index contributed by atoms with van der Waals surface area (Å²) in [5, 5.41) is 2.83. The quantitative estimate of drug-likeness (QED) is 0.623. The molecule has 1 fully saturated rings. The van der Waals surface area contributed by atoms with Gasteiger partial charge >= 0.3 is 0 Å². The summed E-state index contributed by atoms with van der Waals surface area (Å²) in [5.41, 5.74) is 4.12. The Kier molecular flexibility index (Phi) is 5.65. The third-order valence-corrected chi connectivity index (χ3v) is 8.81. The van der Waals surface area contributed by atoms with Crippen LogP contribution in [0.2, 0.25) is 0 Å². The van der Waals surface area contributed by atoms with Gasteiger partial charge in [-0.3, -0.25) is 9.59 Å². The molecular formula is C26H27N3O4S. The van der Waals surface area contributed by atoms with Gasteiger partial charge in [-0.25, -0.2) is 8.42 Å². The number of carbonyl (C=O) groups is 1. The molecule has 2 aromatic carbocycles. The summed E-state index contributed by atoms with van der Waals surface area (Å²) in [7, 11) is -3.69. The van der Waals surface area contributed by atoms with Gasteiger partial charge in [0.25, 0.3) is 11.5 Å². The van der Waals surface area contributed by atoms with Crippen LogP contribution in [0, 0.1) is 19.8 Å². The van der Waals surface area contributed by atoms with Crippen molar-refractivity contribution in [3.05, 3.63) is 93.4 Å². The van der Waals surface area contributed by atoms with Crippen molar-refractivity contribution in [1.82, 2.24) is 8.87 Å². The smallest absolute Gasteiger partial charge is 0.255 e. The van der Waals surface area contributed by atoms with Crippen molar-refractivity contribution in [1.29, 1.82) is 0 Å². The predicted molar refractivity (Wildman–Crippen MR) is 131 cm³/mol. The van der Waals surface area contributed by atoms with Crippen LogP contribution in [0.5, 0.6) is 0 Å². The lowest BCUT2D eigenvalue weighted by Crippen LogP contribution is -2.48. The third kappa shape index (κ3) is 4.08. The van der Waals surface area contributed by atoms with Gasteiger partial charge in [0.05, 0.1) is 4.90 Å². The van der Waals surface area contributed by atoms with Crippen molar-refractivity contribution in [2.75, 3.05) is 18.4 Å². The average molecular weight is 478 g/mol. The fourth-order valence-corrected chi connectivity index (χ4v) is 6.56. The number of hydrogen-bond acceptors (Lipinski definition) is 4. The molecule has 2 aliphatic rings. The fourth-order valence-electron chi connectivity index (χ4n) is 4.99. The van der Waals surface area contributed by atoms with Crippen LogP contribution in [0.3, 0.4) is 0 Å². The van der Waals surface area contributed by atoms with E-state index in [1.807, 2.05) is 32.0 Å². The zero-order valence-corrected chi connectivity index (χ0v) is 20.0. The molecule has 2 unspecified atom stereocenters. The highest BCUT2D eigenvalue weighted by molar-refractivity contribution is 7.89. The van der Waals surface area contributed by atoms with Crippen molar-refractivity contribution in [3.63, 3.8) is 0 Å². The van der Waals surface area contributed by atoms with E-state index in [9.17, 15) is 18.0 Å². The standard InChI is InChI=1S/C26H27N3O4S/c1-17-6-7-20(12-18(17)2)26(31)27-22-8-10-23(11-9-22)34(32,33)28-14-19-13-21(16-28)24-4-3-5-25(30)29(24)15-19/h3-12,19,21H,13-16H2,1-2H3,(H,27,31). The molecule has 2 atom stereocenters. The van der Waals surface area contributed by atoms with Gasteiger partial charge in [-0.15, -0.1) is 0 Å². The highest BCUT2D eigenvalue weighted by atomic mass is 32.2. The van der Waals surface area contributed by atoms with E-state index in [0.717, 1.165) is 23.2 Å². The van der Waals surface area contributed by atoms with E-state index < -0.39 is 10.0 Å². The van der Waals surface area contributed by atoms with E-state index in [0.29, 0.717) is 30.9 Å². The normalized spacial score (nSPS) is 19.9. The van der Waals surface area contributed by atoms with E-state index in [2.05, 4.69) is 5.32 Å². The highest BCUT2D eigenvalue weighted by Crippen LogP contribution is 2.37. The van der Waals surface area contributed by atoms with Crippen LogP contribution < -0.4 is 10.9 Å². The predicted octanol–water partition coefficient (Wildman–Crippen LogP) is 3.53. The number of carbonyl (C=O) groups excluding carboxylic acids is 1. The first kappa shape index (κ1) is 22.6. The number of benzene rings is 2. The van der Waals surface area contributed by atoms with E-state index in [1.54, 1.807) is 34.9 Å². The number of hydrogen-bond donors (Lipinski definition) is 1. The molecule has 7 nitrogen and oxygen atoms in total. The molecule has 5 rings (SSSR count). The second-order valence-electron chi connectivity index (χ2n) is 9.30. The molecule has 1 aromatic heterocycles. The van der Waals surface area contributed by atoms with Crippen molar-refractivity contribution in [2.45, 2.75) is 37.6 Å². The molecule has 1 N–H and O–H groups in total. The Bertz CT molecular complexity index is 1430. The van der Waals surface area contributed by atoms with E-state index in [-0.39, 0.29) is 28.2 Å². The number of aryl methyl sites for hydroxylation is 2. The Balaban J connectivity index is 1.33. The molecule has 2 aliphatic heterocycles. The molecule has 8 heteroatoms. The number of pyridine rings is 1. The first-order valence-electron chi connectivity index (χ1n) is 11.4. The van der Waals surface area contributed by atoms with E-state index in [1.165, 1.54) is 16.4 Å². The third-order valence-electron chi connectivity index (χ3n) is 6.97. The molecule has 0 radical (unpaired) electrons.